The van der Waals surface area contributed by atoms with Gasteiger partial charge in [0.25, 0.3) is 0 Å². The molecule has 1 atom stereocenters. The lowest BCUT2D eigenvalue weighted by atomic mass is 10.3. The van der Waals surface area contributed by atoms with Gasteiger partial charge < -0.3 is 10.8 Å². The molecule has 0 spiro atoms. The molecule has 0 amide bonds. The zero-order valence-electron chi connectivity index (χ0n) is 8.94. The van der Waals surface area contributed by atoms with Crippen LogP contribution in [0, 0.1) is 0 Å². The molecule has 17 heavy (non-hydrogen) atoms. The number of benzene rings is 1. The van der Waals surface area contributed by atoms with E-state index in [4.69, 9.17) is 34.0 Å². The Kier molecular flexibility index (Phi) is 4.62. The van der Waals surface area contributed by atoms with Crippen molar-refractivity contribution in [1.82, 2.24) is 4.72 Å². The third kappa shape index (κ3) is 3.72. The van der Waals surface area contributed by atoms with Gasteiger partial charge in [-0.2, -0.15) is 0 Å². The molecule has 0 saturated heterocycles. The summed E-state index contributed by atoms with van der Waals surface area (Å²) in [6, 6.07) is 2.40. The summed E-state index contributed by atoms with van der Waals surface area (Å²) in [5, 5.41) is 9.15. The Hall–Kier alpha value is -0.530. The van der Waals surface area contributed by atoms with Crippen LogP contribution >= 0.6 is 23.2 Å². The van der Waals surface area contributed by atoms with Crippen LogP contribution in [0.5, 0.6) is 0 Å². The van der Waals surface area contributed by atoms with Crippen LogP contribution in [0.3, 0.4) is 0 Å². The number of aliphatic hydroxyl groups excluding tert-OH is 1. The van der Waals surface area contributed by atoms with E-state index in [-0.39, 0.29) is 27.2 Å². The maximum Gasteiger partial charge on any atom is 0.240 e. The molecule has 4 N–H and O–H groups in total. The summed E-state index contributed by atoms with van der Waals surface area (Å²) < 4.78 is 25.8. The summed E-state index contributed by atoms with van der Waals surface area (Å²) in [4.78, 5) is -0.0950. The first-order valence-electron chi connectivity index (χ1n) is 4.66. The molecule has 0 saturated carbocycles. The number of aliphatic hydroxyl groups is 1. The Morgan fingerprint density at radius 3 is 2.29 bits per heavy atom. The molecule has 96 valence electrons. The summed E-state index contributed by atoms with van der Waals surface area (Å²) in [6.07, 6.45) is -0.787. The number of hydrogen-bond acceptors (Lipinski definition) is 4. The minimum absolute atomic E-state index is 0.0647. The first kappa shape index (κ1) is 14.5. The Morgan fingerprint density at radius 1 is 1.41 bits per heavy atom. The van der Waals surface area contributed by atoms with Crippen LogP contribution in [-0.4, -0.2) is 26.2 Å². The first-order chi connectivity index (χ1) is 7.74. The highest BCUT2D eigenvalue weighted by molar-refractivity contribution is 7.89. The van der Waals surface area contributed by atoms with Gasteiger partial charge in [-0.3, -0.25) is 0 Å². The lowest BCUT2D eigenvalue weighted by Gasteiger charge is -2.10. The number of nitrogen functional groups attached to an aromatic ring is 1. The van der Waals surface area contributed by atoms with Gasteiger partial charge in [0.2, 0.25) is 10.0 Å². The van der Waals surface area contributed by atoms with E-state index < -0.39 is 16.1 Å². The van der Waals surface area contributed by atoms with Gasteiger partial charge in [-0.25, -0.2) is 13.1 Å². The number of nitrogens with two attached hydrogens (primary N) is 1. The minimum atomic E-state index is -3.75. The average molecular weight is 299 g/mol. The number of halogens is 2. The molecule has 0 fully saturated rings. The monoisotopic (exact) mass is 298 g/mol. The Bertz CT molecular complexity index is 494. The van der Waals surface area contributed by atoms with Crippen molar-refractivity contribution >= 4 is 38.9 Å². The second-order valence-electron chi connectivity index (χ2n) is 3.50. The molecule has 0 bridgehead atoms. The van der Waals surface area contributed by atoms with Crippen molar-refractivity contribution in [1.29, 1.82) is 0 Å². The molecular formula is C9H12Cl2N2O3S. The summed E-state index contributed by atoms with van der Waals surface area (Å²) in [5.41, 5.74) is 5.62. The van der Waals surface area contributed by atoms with Crippen molar-refractivity contribution in [3.05, 3.63) is 22.2 Å². The standard InChI is InChI=1S/C9H12Cl2N2O3S/c1-5(14)4-13-17(15,16)6-2-7(10)9(12)8(11)3-6/h2-3,5,13-14H,4,12H2,1H3. The molecule has 0 radical (unpaired) electrons. The number of sulfonamides is 1. The fraction of sp³-hybridized carbons (Fsp3) is 0.333. The molecule has 0 aliphatic carbocycles. The largest absolute Gasteiger partial charge is 0.396 e. The lowest BCUT2D eigenvalue weighted by Crippen LogP contribution is -2.30. The highest BCUT2D eigenvalue weighted by Gasteiger charge is 2.17. The van der Waals surface area contributed by atoms with Crippen molar-refractivity contribution in [3.63, 3.8) is 0 Å². The van der Waals surface area contributed by atoms with Gasteiger partial charge in [-0.05, 0) is 19.1 Å². The molecule has 0 heterocycles. The number of rotatable bonds is 4. The van der Waals surface area contributed by atoms with Crippen LogP contribution < -0.4 is 10.5 Å². The quantitative estimate of drug-likeness (QED) is 0.729. The number of hydrogen-bond donors (Lipinski definition) is 3. The van der Waals surface area contributed by atoms with E-state index in [1.54, 1.807) is 0 Å². The molecule has 1 unspecified atom stereocenters. The molecule has 1 aromatic carbocycles. The number of anilines is 1. The van der Waals surface area contributed by atoms with E-state index in [1.807, 2.05) is 0 Å². The molecule has 1 rings (SSSR count). The molecule has 0 aliphatic rings. The van der Waals surface area contributed by atoms with Crippen LogP contribution in [0.4, 0.5) is 5.69 Å². The molecular weight excluding hydrogens is 287 g/mol. The van der Waals surface area contributed by atoms with Crippen LogP contribution in [-0.2, 0) is 10.0 Å². The van der Waals surface area contributed by atoms with Crippen molar-refractivity contribution < 1.29 is 13.5 Å². The van der Waals surface area contributed by atoms with E-state index in [0.29, 0.717) is 0 Å². The van der Waals surface area contributed by atoms with E-state index in [2.05, 4.69) is 4.72 Å². The van der Waals surface area contributed by atoms with Crippen LogP contribution in [0.25, 0.3) is 0 Å². The van der Waals surface area contributed by atoms with Crippen molar-refractivity contribution in [2.75, 3.05) is 12.3 Å². The summed E-state index contributed by atoms with van der Waals surface area (Å²) in [6.45, 7) is 1.37. The van der Waals surface area contributed by atoms with E-state index in [1.165, 1.54) is 19.1 Å². The average Bonchev–Trinajstić information content (AvgIpc) is 2.22. The summed E-state index contributed by atoms with van der Waals surface area (Å²) >= 11 is 11.5. The normalized spacial score (nSPS) is 13.6. The van der Waals surface area contributed by atoms with Gasteiger partial charge in [0.1, 0.15) is 0 Å². The van der Waals surface area contributed by atoms with Gasteiger partial charge in [0.05, 0.1) is 26.7 Å². The van der Waals surface area contributed by atoms with Gasteiger partial charge in [0.15, 0.2) is 0 Å². The first-order valence-corrected chi connectivity index (χ1v) is 6.90. The number of nitrogens with one attached hydrogen (secondary N) is 1. The second-order valence-corrected chi connectivity index (χ2v) is 6.08. The van der Waals surface area contributed by atoms with Gasteiger partial charge in [-0.1, -0.05) is 23.2 Å². The highest BCUT2D eigenvalue weighted by atomic mass is 35.5. The molecule has 0 aromatic heterocycles. The fourth-order valence-electron chi connectivity index (χ4n) is 1.03. The van der Waals surface area contributed by atoms with Crippen molar-refractivity contribution in [2.45, 2.75) is 17.9 Å². The predicted octanol–water partition coefficient (Wildman–Crippen LogP) is 1.23. The van der Waals surface area contributed by atoms with Crippen LogP contribution in [0.1, 0.15) is 6.92 Å². The topological polar surface area (TPSA) is 92.4 Å². The SMILES string of the molecule is CC(O)CNS(=O)(=O)c1cc(Cl)c(N)c(Cl)c1. The Morgan fingerprint density at radius 2 is 1.88 bits per heavy atom. The van der Waals surface area contributed by atoms with Crippen LogP contribution in [0.2, 0.25) is 10.0 Å². The Labute approximate surface area is 110 Å². The molecule has 0 aliphatic heterocycles. The third-order valence-electron chi connectivity index (χ3n) is 1.93. The Balaban J connectivity index is 3.08. The molecule has 1 aromatic rings. The van der Waals surface area contributed by atoms with Crippen molar-refractivity contribution in [2.24, 2.45) is 0 Å². The zero-order chi connectivity index (χ0) is 13.2. The molecule has 5 nitrogen and oxygen atoms in total. The summed E-state index contributed by atoms with van der Waals surface area (Å²) in [7, 11) is -3.75. The summed E-state index contributed by atoms with van der Waals surface area (Å²) in [5.74, 6) is 0. The molecule has 8 heteroatoms. The van der Waals surface area contributed by atoms with Gasteiger partial charge >= 0.3 is 0 Å². The minimum Gasteiger partial charge on any atom is -0.396 e. The van der Waals surface area contributed by atoms with Gasteiger partial charge in [0, 0.05) is 6.54 Å². The zero-order valence-corrected chi connectivity index (χ0v) is 11.3. The second kappa shape index (κ2) is 5.41. The van der Waals surface area contributed by atoms with E-state index >= 15 is 0 Å². The van der Waals surface area contributed by atoms with E-state index in [9.17, 15) is 8.42 Å². The fourth-order valence-corrected chi connectivity index (χ4v) is 2.82. The van der Waals surface area contributed by atoms with Crippen molar-refractivity contribution in [3.8, 4) is 0 Å². The predicted molar refractivity (Wildman–Crippen MR) is 67.7 cm³/mol. The third-order valence-corrected chi connectivity index (χ3v) is 3.96. The van der Waals surface area contributed by atoms with E-state index in [0.717, 1.165) is 0 Å². The lowest BCUT2D eigenvalue weighted by molar-refractivity contribution is 0.198. The van der Waals surface area contributed by atoms with Crippen LogP contribution in [0.15, 0.2) is 17.0 Å². The highest BCUT2D eigenvalue weighted by Crippen LogP contribution is 2.30. The van der Waals surface area contributed by atoms with Gasteiger partial charge in [-0.15, -0.1) is 0 Å². The maximum atomic E-state index is 11.8. The maximum absolute atomic E-state index is 11.8. The smallest absolute Gasteiger partial charge is 0.240 e.